The second-order valence-corrected chi connectivity index (χ2v) is 4.65. The van der Waals surface area contributed by atoms with Gasteiger partial charge in [0, 0.05) is 0 Å². The van der Waals surface area contributed by atoms with E-state index < -0.39 is 41.6 Å². The van der Waals surface area contributed by atoms with E-state index in [0.717, 1.165) is 24.3 Å². The van der Waals surface area contributed by atoms with Crippen molar-refractivity contribution in [2.75, 3.05) is 11.9 Å². The first-order valence-corrected chi connectivity index (χ1v) is 6.67. The Labute approximate surface area is 134 Å². The van der Waals surface area contributed by atoms with E-state index in [-0.39, 0.29) is 5.69 Å². The molecule has 0 heterocycles. The monoisotopic (exact) mass is 341 g/mol. The molecule has 1 amide bonds. The molecule has 0 unspecified atom stereocenters. The number of amides is 1. The second kappa shape index (κ2) is 7.12. The predicted octanol–water partition coefficient (Wildman–Crippen LogP) is 3.64. The van der Waals surface area contributed by atoms with Crippen LogP contribution in [-0.4, -0.2) is 18.5 Å². The third-order valence-electron chi connectivity index (χ3n) is 2.93. The van der Waals surface area contributed by atoms with E-state index in [2.05, 4.69) is 10.1 Å². The number of rotatable bonds is 4. The predicted molar refractivity (Wildman–Crippen MR) is 76.8 cm³/mol. The number of hydrogen-bond donors (Lipinski definition) is 1. The maximum atomic E-state index is 13.4. The van der Waals surface area contributed by atoms with Gasteiger partial charge in [-0.05, 0) is 24.3 Å². The molecule has 0 spiro atoms. The number of para-hydroxylation sites is 1. The van der Waals surface area contributed by atoms with E-state index in [9.17, 15) is 27.2 Å². The van der Waals surface area contributed by atoms with Gasteiger partial charge in [-0.3, -0.25) is 4.79 Å². The Morgan fingerprint density at radius 1 is 1.00 bits per heavy atom. The fourth-order valence-corrected chi connectivity index (χ4v) is 1.87. The quantitative estimate of drug-likeness (QED) is 0.682. The molecule has 1 N–H and O–H groups in total. The van der Waals surface area contributed by atoms with Crippen molar-refractivity contribution in [3.05, 3.63) is 65.5 Å². The van der Waals surface area contributed by atoms with Gasteiger partial charge in [-0.1, -0.05) is 24.3 Å². The van der Waals surface area contributed by atoms with Gasteiger partial charge in [0.25, 0.3) is 5.91 Å². The minimum Gasteiger partial charge on any atom is -0.452 e. The highest BCUT2D eigenvalue weighted by Gasteiger charge is 2.35. The van der Waals surface area contributed by atoms with Crippen molar-refractivity contribution in [1.29, 1.82) is 0 Å². The second-order valence-electron chi connectivity index (χ2n) is 4.65. The standard InChI is InChI=1S/C16H11F4NO3/c17-12-7-3-4-8-13(12)21-14(22)9-24-15(23)10-5-1-2-6-11(10)16(18,19)20/h1-8H,9H2,(H,21,22). The lowest BCUT2D eigenvalue weighted by Crippen LogP contribution is -2.22. The molecule has 0 atom stereocenters. The van der Waals surface area contributed by atoms with Gasteiger partial charge < -0.3 is 10.1 Å². The van der Waals surface area contributed by atoms with Gasteiger partial charge in [0.1, 0.15) is 5.82 Å². The van der Waals surface area contributed by atoms with Crippen molar-refractivity contribution in [1.82, 2.24) is 0 Å². The fraction of sp³-hybridized carbons (Fsp3) is 0.125. The van der Waals surface area contributed by atoms with Crippen LogP contribution in [0.1, 0.15) is 15.9 Å². The van der Waals surface area contributed by atoms with E-state index in [4.69, 9.17) is 0 Å². The zero-order chi connectivity index (χ0) is 17.7. The summed E-state index contributed by atoms with van der Waals surface area (Å²) >= 11 is 0. The first-order chi connectivity index (χ1) is 11.3. The number of esters is 1. The van der Waals surface area contributed by atoms with Gasteiger partial charge in [-0.2, -0.15) is 13.2 Å². The number of alkyl halides is 3. The largest absolute Gasteiger partial charge is 0.452 e. The summed E-state index contributed by atoms with van der Waals surface area (Å²) < 4.78 is 56.3. The molecule has 0 bridgehead atoms. The number of benzene rings is 2. The summed E-state index contributed by atoms with van der Waals surface area (Å²) in [5.74, 6) is -2.87. The number of hydrogen-bond acceptors (Lipinski definition) is 3. The maximum absolute atomic E-state index is 13.4. The van der Waals surface area contributed by atoms with Crippen molar-refractivity contribution in [3.8, 4) is 0 Å². The summed E-state index contributed by atoms with van der Waals surface area (Å²) in [4.78, 5) is 23.4. The highest BCUT2D eigenvalue weighted by molar-refractivity contribution is 5.96. The molecule has 8 heteroatoms. The van der Waals surface area contributed by atoms with Gasteiger partial charge in [0.15, 0.2) is 6.61 Å². The highest BCUT2D eigenvalue weighted by Crippen LogP contribution is 2.32. The molecule has 2 aromatic rings. The zero-order valence-corrected chi connectivity index (χ0v) is 12.1. The number of ether oxygens (including phenoxy) is 1. The highest BCUT2D eigenvalue weighted by atomic mass is 19.4. The molecular weight excluding hydrogens is 330 g/mol. The molecule has 0 saturated heterocycles. The lowest BCUT2D eigenvalue weighted by molar-refractivity contribution is -0.138. The van der Waals surface area contributed by atoms with Crippen LogP contribution in [0.3, 0.4) is 0 Å². The molecule has 0 aromatic heterocycles. The smallest absolute Gasteiger partial charge is 0.417 e. The van der Waals surface area contributed by atoms with Crippen LogP contribution in [-0.2, 0) is 15.7 Å². The number of carbonyl (C=O) groups is 2. The number of carbonyl (C=O) groups excluding carboxylic acids is 2. The first kappa shape index (κ1) is 17.5. The summed E-state index contributed by atoms with van der Waals surface area (Å²) in [5, 5.41) is 2.15. The lowest BCUT2D eigenvalue weighted by Gasteiger charge is -2.12. The van der Waals surface area contributed by atoms with Crippen LogP contribution in [0.2, 0.25) is 0 Å². The van der Waals surface area contributed by atoms with Crippen molar-refractivity contribution < 1.29 is 31.9 Å². The van der Waals surface area contributed by atoms with Crippen molar-refractivity contribution in [2.24, 2.45) is 0 Å². The minimum atomic E-state index is -4.73. The normalized spacial score (nSPS) is 11.0. The van der Waals surface area contributed by atoms with Crippen molar-refractivity contribution >= 4 is 17.6 Å². The molecular formula is C16H11F4NO3. The van der Waals surface area contributed by atoms with Crippen molar-refractivity contribution in [2.45, 2.75) is 6.18 Å². The van der Waals surface area contributed by atoms with Gasteiger partial charge in [-0.25, -0.2) is 9.18 Å². The third kappa shape index (κ3) is 4.31. The van der Waals surface area contributed by atoms with E-state index >= 15 is 0 Å². The summed E-state index contributed by atoms with van der Waals surface area (Å²) in [5.41, 5.74) is -2.00. The molecule has 2 rings (SSSR count). The maximum Gasteiger partial charge on any atom is 0.417 e. The van der Waals surface area contributed by atoms with Crippen LogP contribution in [0.4, 0.5) is 23.2 Å². The Morgan fingerprint density at radius 3 is 2.29 bits per heavy atom. The molecule has 0 fully saturated rings. The lowest BCUT2D eigenvalue weighted by atomic mass is 10.1. The molecule has 0 radical (unpaired) electrons. The van der Waals surface area contributed by atoms with Crippen LogP contribution in [0.25, 0.3) is 0 Å². The Morgan fingerprint density at radius 2 is 1.62 bits per heavy atom. The average molecular weight is 341 g/mol. The summed E-state index contributed by atoms with van der Waals surface area (Å²) in [7, 11) is 0. The fourth-order valence-electron chi connectivity index (χ4n) is 1.87. The van der Waals surface area contributed by atoms with E-state index in [1.54, 1.807) is 0 Å². The molecule has 126 valence electrons. The van der Waals surface area contributed by atoms with Crippen LogP contribution < -0.4 is 5.32 Å². The van der Waals surface area contributed by atoms with E-state index in [1.165, 1.54) is 24.3 Å². The van der Waals surface area contributed by atoms with Gasteiger partial charge >= 0.3 is 12.1 Å². The molecule has 0 aliphatic carbocycles. The van der Waals surface area contributed by atoms with Crippen molar-refractivity contribution in [3.63, 3.8) is 0 Å². The third-order valence-corrected chi connectivity index (χ3v) is 2.93. The zero-order valence-electron chi connectivity index (χ0n) is 12.1. The first-order valence-electron chi connectivity index (χ1n) is 6.67. The molecule has 4 nitrogen and oxygen atoms in total. The number of nitrogens with one attached hydrogen (secondary N) is 1. The van der Waals surface area contributed by atoms with Crippen LogP contribution in [0.15, 0.2) is 48.5 Å². The molecule has 0 aliphatic rings. The average Bonchev–Trinajstić information content (AvgIpc) is 2.54. The summed E-state index contributed by atoms with van der Waals surface area (Å²) in [6, 6.07) is 9.34. The Kier molecular flexibility index (Phi) is 5.18. The van der Waals surface area contributed by atoms with Gasteiger partial charge in [0.05, 0.1) is 16.8 Å². The van der Waals surface area contributed by atoms with Crippen LogP contribution in [0, 0.1) is 5.82 Å². The van der Waals surface area contributed by atoms with E-state index in [0.29, 0.717) is 0 Å². The van der Waals surface area contributed by atoms with Crippen LogP contribution >= 0.6 is 0 Å². The van der Waals surface area contributed by atoms with Gasteiger partial charge in [0.2, 0.25) is 0 Å². The topological polar surface area (TPSA) is 55.4 Å². The molecule has 0 saturated carbocycles. The van der Waals surface area contributed by atoms with Gasteiger partial charge in [-0.15, -0.1) is 0 Å². The number of anilines is 1. The molecule has 24 heavy (non-hydrogen) atoms. The van der Waals surface area contributed by atoms with Crippen LogP contribution in [0.5, 0.6) is 0 Å². The molecule has 2 aromatic carbocycles. The summed E-state index contributed by atoms with van der Waals surface area (Å²) in [6.45, 7) is -0.848. The Hall–Kier alpha value is -2.90. The Balaban J connectivity index is 2.01. The number of halogens is 4. The minimum absolute atomic E-state index is 0.130. The molecule has 0 aliphatic heterocycles. The summed E-state index contributed by atoms with van der Waals surface area (Å²) in [6.07, 6.45) is -4.73. The SMILES string of the molecule is O=C(COC(=O)c1ccccc1C(F)(F)F)Nc1ccccc1F. The van der Waals surface area contributed by atoms with E-state index in [1.807, 2.05) is 0 Å². The Bertz CT molecular complexity index is 759.